The van der Waals surface area contributed by atoms with Crippen LogP contribution in [0.1, 0.15) is 0 Å². The summed E-state index contributed by atoms with van der Waals surface area (Å²) in [6, 6.07) is 0. The molecular weight excluding hydrogens is 220 g/mol. The van der Waals surface area contributed by atoms with Gasteiger partial charge in [0.15, 0.2) is 0 Å². The Kier molecular flexibility index (Phi) is 2.63. The molecule has 0 nitrogen and oxygen atoms in total. The molecule has 42 valence electrons. The summed E-state index contributed by atoms with van der Waals surface area (Å²) in [4.78, 5) is 0. The average Bonchev–Trinajstić information content (AvgIpc) is 1.30. The monoisotopic (exact) mass is 222 g/mol. The molecule has 0 rings (SSSR count). The van der Waals surface area contributed by atoms with E-state index in [-0.39, 0.29) is 6.08 Å². The second-order valence-electron chi connectivity index (χ2n) is 0.834. The first-order valence-electron chi connectivity index (χ1n) is 1.41. The maximum absolute atomic E-state index is 11.0. The van der Waals surface area contributed by atoms with Crippen LogP contribution in [0.3, 0.4) is 0 Å². The van der Waals surface area contributed by atoms with Crippen molar-refractivity contribution in [3.8, 4) is 0 Å². The van der Waals surface area contributed by atoms with E-state index in [1.54, 1.807) is 0 Å². The van der Waals surface area contributed by atoms with Crippen molar-refractivity contribution in [2.45, 2.75) is 6.18 Å². The molecule has 0 fully saturated rings. The van der Waals surface area contributed by atoms with Crippen molar-refractivity contribution < 1.29 is 13.2 Å². The summed E-state index contributed by atoms with van der Waals surface area (Å²) in [6.07, 6.45) is -3.96. The number of hydrogen-bond donors (Lipinski definition) is 0. The van der Waals surface area contributed by atoms with Gasteiger partial charge >= 0.3 is 6.18 Å². The summed E-state index contributed by atoms with van der Waals surface area (Å²) < 4.78 is 33.8. The first-order valence-corrected chi connectivity index (χ1v) is 2.65. The Morgan fingerprint density at radius 3 is 1.71 bits per heavy atom. The van der Waals surface area contributed by atoms with E-state index in [9.17, 15) is 13.2 Å². The minimum absolute atomic E-state index is 0.174. The first kappa shape index (κ1) is 7.26. The smallest absolute Gasteiger partial charge is 0.167 e. The fraction of sp³-hybridized carbons (Fsp3) is 0.333. The lowest BCUT2D eigenvalue weighted by molar-refractivity contribution is -0.0795. The van der Waals surface area contributed by atoms with Crippen LogP contribution in [0, 0.1) is 0 Å². The average molecular weight is 222 g/mol. The second-order valence-corrected chi connectivity index (χ2v) is 1.55. The summed E-state index contributed by atoms with van der Waals surface area (Å²) in [5.74, 6) is 0. The highest BCUT2D eigenvalue weighted by atomic mass is 127. The van der Waals surface area contributed by atoms with Gasteiger partial charge < -0.3 is 0 Å². The van der Waals surface area contributed by atoms with Gasteiger partial charge in [0.2, 0.25) is 0 Å². The molecule has 0 aromatic heterocycles. The van der Waals surface area contributed by atoms with Gasteiger partial charge in [0, 0.05) is 6.08 Å². The number of rotatable bonds is 0. The Hall–Kier alpha value is 0.260. The largest absolute Gasteiger partial charge is 0.410 e. The number of hydrogen-bond acceptors (Lipinski definition) is 0. The molecule has 0 bridgehead atoms. The van der Waals surface area contributed by atoms with Gasteiger partial charge in [-0.1, -0.05) is 22.6 Å². The van der Waals surface area contributed by atoms with Gasteiger partial charge in [0.1, 0.15) is 0 Å². The highest BCUT2D eigenvalue weighted by molar-refractivity contribution is 14.1. The van der Waals surface area contributed by atoms with Crippen molar-refractivity contribution >= 4 is 22.6 Å². The lowest BCUT2D eigenvalue weighted by Crippen LogP contribution is -1.99. The quantitative estimate of drug-likeness (QED) is 0.552. The van der Waals surface area contributed by atoms with Crippen LogP contribution in [0.2, 0.25) is 0 Å². The highest BCUT2D eigenvalue weighted by Gasteiger charge is 2.21. The molecule has 0 heterocycles. The van der Waals surface area contributed by atoms with E-state index >= 15 is 0 Å². The van der Waals surface area contributed by atoms with Gasteiger partial charge in [0.05, 0.1) is 0 Å². The molecule has 0 saturated carbocycles. The Morgan fingerprint density at radius 2 is 1.71 bits per heavy atom. The zero-order chi connectivity index (χ0) is 5.91. The third-order valence-corrected chi connectivity index (χ3v) is 0.612. The topological polar surface area (TPSA) is 0 Å². The van der Waals surface area contributed by atoms with Gasteiger partial charge in [0.25, 0.3) is 0 Å². The van der Waals surface area contributed by atoms with E-state index in [1.165, 1.54) is 22.6 Å². The number of halogens is 4. The molecule has 7 heavy (non-hydrogen) atoms. The lowest BCUT2D eigenvalue weighted by Gasteiger charge is -1.92. The van der Waals surface area contributed by atoms with E-state index in [0.29, 0.717) is 0 Å². The molecule has 0 N–H and O–H groups in total. The van der Waals surface area contributed by atoms with Crippen LogP contribution in [0.5, 0.6) is 0 Å². The van der Waals surface area contributed by atoms with Crippen LogP contribution >= 0.6 is 22.6 Å². The van der Waals surface area contributed by atoms with Crippen LogP contribution in [0.4, 0.5) is 13.2 Å². The maximum atomic E-state index is 11.0. The third kappa shape index (κ3) is 6.26. The molecule has 0 aliphatic carbocycles. The molecule has 0 atom stereocenters. The highest BCUT2D eigenvalue weighted by Crippen LogP contribution is 2.16. The first-order chi connectivity index (χ1) is 3.06. The molecule has 0 radical (unpaired) electrons. The molecule has 0 aliphatic rings. The zero-order valence-electron chi connectivity index (χ0n) is 3.17. The molecule has 0 aromatic rings. The Balaban J connectivity index is 3.56. The van der Waals surface area contributed by atoms with Gasteiger partial charge in [-0.05, 0) is 4.08 Å². The standard InChI is InChI=1S/C3H2F3I/c4-3(5,6)1-2-7/h1-2H. The predicted octanol–water partition coefficient (Wildman–Crippen LogP) is 2.50. The van der Waals surface area contributed by atoms with Gasteiger partial charge in [-0.2, -0.15) is 13.2 Å². The molecule has 0 spiro atoms. The minimum Gasteiger partial charge on any atom is -0.167 e. The van der Waals surface area contributed by atoms with Gasteiger partial charge in [-0.25, -0.2) is 0 Å². The summed E-state index contributed by atoms with van der Waals surface area (Å²) in [6.45, 7) is 0. The molecule has 0 aliphatic heterocycles. The van der Waals surface area contributed by atoms with Crippen LogP contribution in [-0.2, 0) is 0 Å². The zero-order valence-corrected chi connectivity index (χ0v) is 5.32. The number of allylic oxidation sites excluding steroid dienone is 1. The summed E-state index contributed by atoms with van der Waals surface area (Å²) in [5, 5.41) is 0. The summed E-state index contributed by atoms with van der Waals surface area (Å²) in [7, 11) is 0. The summed E-state index contributed by atoms with van der Waals surface area (Å²) in [5.41, 5.74) is 0. The van der Waals surface area contributed by atoms with Gasteiger partial charge in [-0.15, -0.1) is 0 Å². The van der Waals surface area contributed by atoms with Crippen LogP contribution in [0.15, 0.2) is 10.2 Å². The van der Waals surface area contributed by atoms with E-state index < -0.39 is 6.18 Å². The lowest BCUT2D eigenvalue weighted by atomic mass is 10.6. The minimum atomic E-state index is -4.14. The second kappa shape index (κ2) is 2.54. The molecule has 4 heteroatoms. The van der Waals surface area contributed by atoms with Crippen LogP contribution in [-0.4, -0.2) is 6.18 Å². The Bertz CT molecular complexity index is 72.7. The van der Waals surface area contributed by atoms with E-state index in [4.69, 9.17) is 0 Å². The Labute approximate surface area is 52.5 Å². The van der Waals surface area contributed by atoms with E-state index in [0.717, 1.165) is 4.08 Å². The normalized spacial score (nSPS) is 13.1. The molecule has 0 aromatic carbocycles. The van der Waals surface area contributed by atoms with Crippen molar-refractivity contribution in [3.63, 3.8) is 0 Å². The predicted molar refractivity (Wildman–Crippen MR) is 29.2 cm³/mol. The number of alkyl halides is 3. The van der Waals surface area contributed by atoms with Crippen molar-refractivity contribution in [1.82, 2.24) is 0 Å². The molecule has 0 saturated heterocycles. The van der Waals surface area contributed by atoms with Gasteiger partial charge in [-0.3, -0.25) is 0 Å². The van der Waals surface area contributed by atoms with Crippen LogP contribution < -0.4 is 0 Å². The molecular formula is C3H2F3I. The van der Waals surface area contributed by atoms with Crippen molar-refractivity contribution in [3.05, 3.63) is 10.2 Å². The van der Waals surface area contributed by atoms with E-state index in [2.05, 4.69) is 0 Å². The SMILES string of the molecule is FC(F)(F)C=CI. The third-order valence-electron chi connectivity index (χ3n) is 0.252. The Morgan fingerprint density at radius 1 is 1.29 bits per heavy atom. The van der Waals surface area contributed by atoms with Crippen molar-refractivity contribution in [2.24, 2.45) is 0 Å². The van der Waals surface area contributed by atoms with E-state index in [1.807, 2.05) is 0 Å². The molecule has 0 amide bonds. The summed E-state index contributed by atoms with van der Waals surface area (Å²) >= 11 is 1.51. The van der Waals surface area contributed by atoms with Crippen molar-refractivity contribution in [1.29, 1.82) is 0 Å². The fourth-order valence-corrected chi connectivity index (χ4v) is 0.479. The van der Waals surface area contributed by atoms with Crippen molar-refractivity contribution in [2.75, 3.05) is 0 Å². The fourth-order valence-electron chi connectivity index (χ4n) is 0.0714. The maximum Gasteiger partial charge on any atom is 0.410 e. The van der Waals surface area contributed by atoms with Crippen LogP contribution in [0.25, 0.3) is 0 Å². The molecule has 0 unspecified atom stereocenters.